The number of aromatic nitrogens is 4. The molecule has 0 radical (unpaired) electrons. The second-order valence-corrected chi connectivity index (χ2v) is 5.35. The highest BCUT2D eigenvalue weighted by atomic mass is 32.1. The topological polar surface area (TPSA) is 59.6 Å². The average molecular weight is 308 g/mol. The van der Waals surface area contributed by atoms with Crippen molar-refractivity contribution in [2.24, 2.45) is 7.05 Å². The molecule has 0 fully saturated rings. The van der Waals surface area contributed by atoms with Gasteiger partial charge in [0.1, 0.15) is 5.69 Å². The molecule has 108 valence electrons. The van der Waals surface area contributed by atoms with Crippen molar-refractivity contribution in [1.82, 2.24) is 19.7 Å². The van der Waals surface area contributed by atoms with Crippen LogP contribution in [-0.2, 0) is 7.05 Å². The number of hydrogen-bond donors (Lipinski definition) is 1. The van der Waals surface area contributed by atoms with E-state index in [4.69, 9.17) is 16.6 Å². The molecule has 3 aromatic heterocycles. The summed E-state index contributed by atoms with van der Waals surface area (Å²) in [6, 6.07) is 13.7. The van der Waals surface area contributed by atoms with E-state index in [1.807, 2.05) is 54.1 Å². The summed E-state index contributed by atoms with van der Waals surface area (Å²) in [6.07, 6.45) is 1.64. The monoisotopic (exact) mass is 308 g/mol. The summed E-state index contributed by atoms with van der Waals surface area (Å²) in [4.78, 5) is 4.67. The molecular weight excluding hydrogens is 296 g/mol. The fourth-order valence-electron chi connectivity index (χ4n) is 2.50. The van der Waals surface area contributed by atoms with E-state index < -0.39 is 0 Å². The van der Waals surface area contributed by atoms with Gasteiger partial charge >= 0.3 is 0 Å². The summed E-state index contributed by atoms with van der Waals surface area (Å²) in [5.74, 6) is 1.50. The molecule has 0 spiro atoms. The fourth-order valence-corrected chi connectivity index (χ4v) is 2.63. The van der Waals surface area contributed by atoms with Crippen molar-refractivity contribution in [3.63, 3.8) is 0 Å². The summed E-state index contributed by atoms with van der Waals surface area (Å²) in [7, 11) is 1.89. The minimum Gasteiger partial charge on any atom is -0.463 e. The molecule has 3 heterocycles. The maximum Gasteiger partial charge on any atom is 0.195 e. The SMILES string of the molecule is Cn1c(-c2cc(-c3ccco3)nc3ccccc23)n[nH]c1=S. The van der Waals surface area contributed by atoms with Crippen molar-refractivity contribution in [1.29, 1.82) is 0 Å². The van der Waals surface area contributed by atoms with Gasteiger partial charge in [-0.15, -0.1) is 0 Å². The molecule has 6 heteroatoms. The Morgan fingerprint density at radius 3 is 2.77 bits per heavy atom. The molecule has 5 nitrogen and oxygen atoms in total. The van der Waals surface area contributed by atoms with Gasteiger partial charge in [0.15, 0.2) is 16.4 Å². The van der Waals surface area contributed by atoms with Gasteiger partial charge in [-0.05, 0) is 36.5 Å². The van der Waals surface area contributed by atoms with Gasteiger partial charge in [-0.25, -0.2) is 4.98 Å². The first-order valence-corrected chi connectivity index (χ1v) is 7.20. The Bertz CT molecular complexity index is 1010. The second-order valence-electron chi connectivity index (χ2n) is 4.96. The lowest BCUT2D eigenvalue weighted by atomic mass is 10.1. The largest absolute Gasteiger partial charge is 0.463 e. The molecular formula is C16H12N4OS. The molecule has 4 rings (SSSR count). The van der Waals surface area contributed by atoms with Gasteiger partial charge in [-0.3, -0.25) is 5.10 Å². The molecule has 0 aliphatic rings. The van der Waals surface area contributed by atoms with Crippen molar-refractivity contribution in [3.8, 4) is 22.8 Å². The van der Waals surface area contributed by atoms with Crippen molar-refractivity contribution in [2.45, 2.75) is 0 Å². The fraction of sp³-hybridized carbons (Fsp3) is 0.0625. The third kappa shape index (κ3) is 1.96. The molecule has 22 heavy (non-hydrogen) atoms. The number of rotatable bonds is 2. The molecule has 0 aliphatic heterocycles. The maximum atomic E-state index is 5.48. The van der Waals surface area contributed by atoms with Gasteiger partial charge in [-0.1, -0.05) is 18.2 Å². The van der Waals surface area contributed by atoms with E-state index in [-0.39, 0.29) is 0 Å². The number of pyridine rings is 1. The molecule has 0 saturated carbocycles. The standard InChI is InChI=1S/C16H12N4OS/c1-20-15(18-19-16(20)22)11-9-13(14-7-4-8-21-14)17-12-6-3-2-5-10(11)12/h2-9H,1H3,(H,19,22). The third-order valence-electron chi connectivity index (χ3n) is 3.61. The second kappa shape index (κ2) is 4.92. The first-order valence-electron chi connectivity index (χ1n) is 6.79. The van der Waals surface area contributed by atoms with Crippen LogP contribution in [0.25, 0.3) is 33.7 Å². The Kier molecular flexibility index (Phi) is 2.90. The Morgan fingerprint density at radius 2 is 2.05 bits per heavy atom. The molecule has 1 N–H and O–H groups in total. The minimum absolute atomic E-state index is 0.579. The van der Waals surface area contributed by atoms with Gasteiger partial charge in [0.05, 0.1) is 11.8 Å². The van der Waals surface area contributed by atoms with Gasteiger partial charge in [0, 0.05) is 18.0 Å². The van der Waals surface area contributed by atoms with E-state index in [1.54, 1.807) is 6.26 Å². The number of para-hydroxylation sites is 1. The lowest BCUT2D eigenvalue weighted by Crippen LogP contribution is -1.95. The van der Waals surface area contributed by atoms with E-state index in [1.165, 1.54) is 0 Å². The summed E-state index contributed by atoms with van der Waals surface area (Å²) in [6.45, 7) is 0. The maximum absolute atomic E-state index is 5.48. The van der Waals surface area contributed by atoms with Crippen LogP contribution in [0.3, 0.4) is 0 Å². The van der Waals surface area contributed by atoms with Gasteiger partial charge in [-0.2, -0.15) is 5.10 Å². The predicted molar refractivity (Wildman–Crippen MR) is 86.8 cm³/mol. The highest BCUT2D eigenvalue weighted by molar-refractivity contribution is 7.71. The van der Waals surface area contributed by atoms with E-state index in [0.29, 0.717) is 4.77 Å². The first kappa shape index (κ1) is 13.0. The first-order chi connectivity index (χ1) is 10.7. The zero-order valence-electron chi connectivity index (χ0n) is 11.8. The van der Waals surface area contributed by atoms with Gasteiger partial charge in [0.2, 0.25) is 0 Å². The molecule has 1 aromatic carbocycles. The summed E-state index contributed by atoms with van der Waals surface area (Å²) >= 11 is 5.22. The lowest BCUT2D eigenvalue weighted by Gasteiger charge is -2.08. The van der Waals surface area contributed by atoms with Gasteiger partial charge < -0.3 is 8.98 Å². The van der Waals surface area contributed by atoms with Crippen LogP contribution in [0.2, 0.25) is 0 Å². The number of nitrogens with zero attached hydrogens (tertiary/aromatic N) is 3. The average Bonchev–Trinajstić information content (AvgIpc) is 3.18. The van der Waals surface area contributed by atoms with Crippen LogP contribution >= 0.6 is 12.2 Å². The Labute approximate surface area is 131 Å². The van der Waals surface area contributed by atoms with E-state index in [9.17, 15) is 0 Å². The third-order valence-corrected chi connectivity index (χ3v) is 3.98. The highest BCUT2D eigenvalue weighted by Gasteiger charge is 2.14. The quantitative estimate of drug-likeness (QED) is 0.570. The molecule has 0 aliphatic carbocycles. The molecule has 0 unspecified atom stereocenters. The summed E-state index contributed by atoms with van der Waals surface area (Å²) in [5, 5.41) is 8.19. The van der Waals surface area contributed by atoms with Crippen molar-refractivity contribution < 1.29 is 4.42 Å². The highest BCUT2D eigenvalue weighted by Crippen LogP contribution is 2.30. The minimum atomic E-state index is 0.579. The van der Waals surface area contributed by atoms with E-state index in [0.717, 1.165) is 33.7 Å². The smallest absolute Gasteiger partial charge is 0.195 e. The number of H-pyrrole nitrogens is 1. The van der Waals surface area contributed by atoms with Crippen molar-refractivity contribution in [2.75, 3.05) is 0 Å². The number of benzene rings is 1. The lowest BCUT2D eigenvalue weighted by molar-refractivity contribution is 0.580. The zero-order valence-corrected chi connectivity index (χ0v) is 12.6. The number of hydrogen-bond acceptors (Lipinski definition) is 4. The summed E-state index contributed by atoms with van der Waals surface area (Å²) < 4.78 is 7.91. The molecule has 0 amide bonds. The molecule has 0 atom stereocenters. The van der Waals surface area contributed by atoms with Crippen LogP contribution in [0.5, 0.6) is 0 Å². The van der Waals surface area contributed by atoms with Crippen LogP contribution < -0.4 is 0 Å². The normalized spacial score (nSPS) is 11.1. The van der Waals surface area contributed by atoms with Gasteiger partial charge in [0.25, 0.3) is 0 Å². The van der Waals surface area contributed by atoms with Crippen LogP contribution in [0.1, 0.15) is 0 Å². The van der Waals surface area contributed by atoms with Crippen molar-refractivity contribution in [3.05, 3.63) is 53.5 Å². The van der Waals surface area contributed by atoms with Crippen LogP contribution in [0, 0.1) is 4.77 Å². The predicted octanol–water partition coefficient (Wildman–Crippen LogP) is 3.95. The van der Waals surface area contributed by atoms with E-state index in [2.05, 4.69) is 15.2 Å². The Balaban J connectivity index is 2.08. The molecule has 0 bridgehead atoms. The Morgan fingerprint density at radius 1 is 1.18 bits per heavy atom. The summed E-state index contributed by atoms with van der Waals surface area (Å²) in [5.41, 5.74) is 2.62. The van der Waals surface area contributed by atoms with Crippen LogP contribution in [0.4, 0.5) is 0 Å². The number of nitrogens with one attached hydrogen (secondary N) is 1. The molecule has 4 aromatic rings. The van der Waals surface area contributed by atoms with Crippen LogP contribution in [-0.4, -0.2) is 19.7 Å². The Hall–Kier alpha value is -2.73. The number of fused-ring (bicyclic) bond motifs is 1. The van der Waals surface area contributed by atoms with E-state index >= 15 is 0 Å². The number of aromatic amines is 1. The number of furan rings is 1. The zero-order chi connectivity index (χ0) is 15.1. The van der Waals surface area contributed by atoms with Crippen molar-refractivity contribution >= 4 is 23.1 Å². The van der Waals surface area contributed by atoms with Crippen LogP contribution in [0.15, 0.2) is 53.1 Å². The molecule has 0 saturated heterocycles.